The topological polar surface area (TPSA) is 29.5 Å². The number of hydrogen-bond acceptors (Lipinski definition) is 2. The van der Waals surface area contributed by atoms with E-state index in [-0.39, 0.29) is 5.41 Å². The van der Waals surface area contributed by atoms with Crippen molar-refractivity contribution in [2.75, 3.05) is 7.11 Å². The van der Waals surface area contributed by atoms with E-state index in [0.29, 0.717) is 24.1 Å². The molecule has 0 aromatic carbocycles. The molecule has 2 bridgehead atoms. The second-order valence-electron chi connectivity index (χ2n) is 6.18. The third kappa shape index (κ3) is 1.97. The smallest absolute Gasteiger partial charge is 0.228 e. The first-order valence-corrected chi connectivity index (χ1v) is 6.29. The summed E-state index contributed by atoms with van der Waals surface area (Å²) in [7, 11) is 1.78. The average Bonchev–Trinajstić information content (AvgIpc) is 2.46. The van der Waals surface area contributed by atoms with Crippen LogP contribution in [-0.2, 0) is 9.53 Å². The van der Waals surface area contributed by atoms with Crippen LogP contribution < -0.4 is 0 Å². The fourth-order valence-corrected chi connectivity index (χ4v) is 3.04. The summed E-state index contributed by atoms with van der Waals surface area (Å²) in [6, 6.07) is 0.853. The highest BCUT2D eigenvalue weighted by Crippen LogP contribution is 2.39. The molecule has 2 atom stereocenters. The Bertz CT molecular complexity index is 268. The van der Waals surface area contributed by atoms with E-state index in [1.165, 1.54) is 0 Å². The summed E-state index contributed by atoms with van der Waals surface area (Å²) in [5.74, 6) is 0.314. The summed E-state index contributed by atoms with van der Waals surface area (Å²) in [5.41, 5.74) is -0.249. The number of carbonyl (C=O) groups excluding carboxylic acids is 1. The van der Waals surface area contributed by atoms with Gasteiger partial charge in [0.1, 0.15) is 0 Å². The van der Waals surface area contributed by atoms with Gasteiger partial charge in [-0.1, -0.05) is 20.8 Å². The molecule has 0 radical (unpaired) electrons. The van der Waals surface area contributed by atoms with Crippen molar-refractivity contribution >= 4 is 5.91 Å². The maximum Gasteiger partial charge on any atom is 0.228 e. The first-order chi connectivity index (χ1) is 7.43. The molecule has 2 rings (SSSR count). The van der Waals surface area contributed by atoms with Gasteiger partial charge in [-0.2, -0.15) is 0 Å². The quantitative estimate of drug-likeness (QED) is 0.684. The number of methoxy groups -OCH3 is 1. The van der Waals surface area contributed by atoms with Crippen LogP contribution in [0.15, 0.2) is 0 Å². The number of nitrogens with zero attached hydrogens (tertiary/aromatic N) is 1. The second-order valence-corrected chi connectivity index (χ2v) is 6.18. The Morgan fingerprint density at radius 1 is 1.19 bits per heavy atom. The Kier molecular flexibility index (Phi) is 2.99. The fraction of sp³-hybridized carbons (Fsp3) is 0.923. The Balaban J connectivity index is 2.12. The van der Waals surface area contributed by atoms with E-state index in [4.69, 9.17) is 4.74 Å². The fourth-order valence-electron chi connectivity index (χ4n) is 3.04. The van der Waals surface area contributed by atoms with Crippen molar-refractivity contribution in [1.29, 1.82) is 0 Å². The van der Waals surface area contributed by atoms with Gasteiger partial charge in [0.15, 0.2) is 0 Å². The zero-order valence-electron chi connectivity index (χ0n) is 10.8. The number of ether oxygens (including phenoxy) is 1. The molecule has 2 saturated heterocycles. The molecule has 3 nitrogen and oxygen atoms in total. The number of piperidine rings is 1. The molecular weight excluding hydrogens is 202 g/mol. The number of fused-ring (bicyclic) bond motifs is 2. The minimum Gasteiger partial charge on any atom is -0.381 e. The van der Waals surface area contributed by atoms with Crippen LogP contribution >= 0.6 is 0 Å². The van der Waals surface area contributed by atoms with Crippen molar-refractivity contribution in [3.05, 3.63) is 0 Å². The van der Waals surface area contributed by atoms with Crippen LogP contribution in [0.4, 0.5) is 0 Å². The maximum absolute atomic E-state index is 12.4. The Morgan fingerprint density at radius 2 is 1.69 bits per heavy atom. The summed E-state index contributed by atoms with van der Waals surface area (Å²) in [4.78, 5) is 14.5. The molecule has 0 aliphatic carbocycles. The second kappa shape index (κ2) is 4.02. The molecule has 1 amide bonds. The maximum atomic E-state index is 12.4. The summed E-state index contributed by atoms with van der Waals surface area (Å²) < 4.78 is 5.45. The number of carbonyl (C=O) groups is 1. The molecule has 0 aromatic heterocycles. The van der Waals surface area contributed by atoms with Crippen molar-refractivity contribution in [2.45, 2.75) is 64.6 Å². The van der Waals surface area contributed by atoms with Gasteiger partial charge in [0.05, 0.1) is 6.10 Å². The van der Waals surface area contributed by atoms with Crippen LogP contribution in [0.3, 0.4) is 0 Å². The highest BCUT2D eigenvalue weighted by atomic mass is 16.5. The van der Waals surface area contributed by atoms with Gasteiger partial charge in [0.2, 0.25) is 5.91 Å². The van der Waals surface area contributed by atoms with Crippen LogP contribution in [0.5, 0.6) is 0 Å². The third-order valence-electron chi connectivity index (χ3n) is 3.90. The van der Waals surface area contributed by atoms with Gasteiger partial charge < -0.3 is 9.64 Å². The van der Waals surface area contributed by atoms with E-state index in [9.17, 15) is 4.79 Å². The predicted molar refractivity (Wildman–Crippen MR) is 63.1 cm³/mol. The number of rotatable bonds is 1. The largest absolute Gasteiger partial charge is 0.381 e. The van der Waals surface area contributed by atoms with E-state index in [1.807, 2.05) is 20.8 Å². The zero-order valence-corrected chi connectivity index (χ0v) is 10.8. The van der Waals surface area contributed by atoms with Crippen LogP contribution in [0, 0.1) is 5.41 Å². The highest BCUT2D eigenvalue weighted by molar-refractivity contribution is 5.82. The minimum atomic E-state index is -0.249. The lowest BCUT2D eigenvalue weighted by atomic mass is 9.90. The summed E-state index contributed by atoms with van der Waals surface area (Å²) >= 11 is 0. The predicted octanol–water partition coefficient (Wildman–Crippen LogP) is 2.20. The molecule has 2 aliphatic heterocycles. The molecular formula is C13H23NO2. The van der Waals surface area contributed by atoms with Gasteiger partial charge in [-0.15, -0.1) is 0 Å². The van der Waals surface area contributed by atoms with Crippen molar-refractivity contribution in [3.8, 4) is 0 Å². The zero-order chi connectivity index (χ0) is 11.9. The lowest BCUT2D eigenvalue weighted by Gasteiger charge is -2.41. The molecule has 0 saturated carbocycles. The van der Waals surface area contributed by atoms with Crippen LogP contribution in [-0.4, -0.2) is 36.1 Å². The Hall–Kier alpha value is -0.570. The summed E-state index contributed by atoms with van der Waals surface area (Å²) in [6.07, 6.45) is 4.73. The average molecular weight is 225 g/mol. The van der Waals surface area contributed by atoms with E-state index < -0.39 is 0 Å². The van der Waals surface area contributed by atoms with Gasteiger partial charge in [-0.05, 0) is 25.7 Å². The summed E-state index contributed by atoms with van der Waals surface area (Å²) in [5, 5.41) is 0. The van der Waals surface area contributed by atoms with Gasteiger partial charge in [-0.25, -0.2) is 0 Å². The normalized spacial score (nSPS) is 34.2. The SMILES string of the molecule is COC1CC2CCC(C1)N2C(=O)C(C)(C)C. The van der Waals surface area contributed by atoms with E-state index in [1.54, 1.807) is 7.11 Å². The molecule has 2 aliphatic rings. The molecule has 16 heavy (non-hydrogen) atoms. The van der Waals surface area contributed by atoms with E-state index >= 15 is 0 Å². The molecule has 2 fully saturated rings. The van der Waals surface area contributed by atoms with Gasteiger partial charge in [-0.3, -0.25) is 4.79 Å². The lowest BCUT2D eigenvalue weighted by Crippen LogP contribution is -2.51. The highest BCUT2D eigenvalue weighted by Gasteiger charge is 2.45. The molecule has 92 valence electrons. The van der Waals surface area contributed by atoms with E-state index in [2.05, 4.69) is 4.90 Å². The molecule has 0 aromatic rings. The minimum absolute atomic E-state index is 0.249. The van der Waals surface area contributed by atoms with Crippen LogP contribution in [0.25, 0.3) is 0 Å². The lowest BCUT2D eigenvalue weighted by molar-refractivity contribution is -0.146. The third-order valence-corrected chi connectivity index (χ3v) is 3.90. The van der Waals surface area contributed by atoms with Crippen LogP contribution in [0.1, 0.15) is 46.5 Å². The van der Waals surface area contributed by atoms with Gasteiger partial charge in [0.25, 0.3) is 0 Å². The van der Waals surface area contributed by atoms with Crippen molar-refractivity contribution in [1.82, 2.24) is 4.90 Å². The molecule has 2 unspecified atom stereocenters. The van der Waals surface area contributed by atoms with Crippen molar-refractivity contribution < 1.29 is 9.53 Å². The Morgan fingerprint density at radius 3 is 2.06 bits per heavy atom. The monoisotopic (exact) mass is 225 g/mol. The van der Waals surface area contributed by atoms with Crippen molar-refractivity contribution in [3.63, 3.8) is 0 Å². The number of amides is 1. The molecule has 2 heterocycles. The van der Waals surface area contributed by atoms with Crippen molar-refractivity contribution in [2.24, 2.45) is 5.41 Å². The molecule has 0 N–H and O–H groups in total. The van der Waals surface area contributed by atoms with Gasteiger partial charge in [0, 0.05) is 24.6 Å². The first kappa shape index (κ1) is 11.9. The van der Waals surface area contributed by atoms with Gasteiger partial charge >= 0.3 is 0 Å². The standard InChI is InChI=1S/C13H23NO2/c1-13(2,3)12(15)14-9-5-6-10(14)8-11(7-9)16-4/h9-11H,5-8H2,1-4H3. The van der Waals surface area contributed by atoms with E-state index in [0.717, 1.165) is 25.7 Å². The molecule has 0 spiro atoms. The summed E-state index contributed by atoms with van der Waals surface area (Å²) in [6.45, 7) is 6.03. The number of hydrogen-bond donors (Lipinski definition) is 0. The molecule has 3 heteroatoms. The Labute approximate surface area is 98.1 Å². The van der Waals surface area contributed by atoms with Crippen LogP contribution in [0.2, 0.25) is 0 Å². The first-order valence-electron chi connectivity index (χ1n) is 6.29.